The topological polar surface area (TPSA) is 18.5 Å². The van der Waals surface area contributed by atoms with E-state index >= 15 is 0 Å². The van der Waals surface area contributed by atoms with Crippen LogP contribution in [-0.2, 0) is 9.47 Å². The van der Waals surface area contributed by atoms with Crippen molar-refractivity contribution in [2.75, 3.05) is 0 Å². The molecule has 0 aromatic carbocycles. The van der Waals surface area contributed by atoms with Crippen molar-refractivity contribution in [1.82, 2.24) is 0 Å². The van der Waals surface area contributed by atoms with Gasteiger partial charge in [0.05, 0.1) is 12.2 Å². The van der Waals surface area contributed by atoms with Gasteiger partial charge in [-0.1, -0.05) is 18.1 Å². The van der Waals surface area contributed by atoms with Crippen LogP contribution in [0.2, 0.25) is 6.55 Å². The lowest BCUT2D eigenvalue weighted by Crippen LogP contribution is -2.39. The number of hydrogen-bond acceptors (Lipinski definition) is 2. The van der Waals surface area contributed by atoms with Crippen LogP contribution in [0.1, 0.15) is 27.7 Å². The van der Waals surface area contributed by atoms with Crippen LogP contribution in [0.3, 0.4) is 0 Å². The van der Waals surface area contributed by atoms with E-state index in [-0.39, 0.29) is 12.2 Å². The Hall–Kier alpha value is 0.427. The second-order valence-corrected chi connectivity index (χ2v) is 6.01. The van der Waals surface area contributed by atoms with E-state index in [1.807, 2.05) is 27.7 Å². The largest absolute Gasteiger partial charge is 0.339 e. The zero-order chi connectivity index (χ0) is 9.78. The molecule has 4 heteroatoms. The molecule has 2 nitrogen and oxygen atoms in total. The lowest BCUT2D eigenvalue weighted by molar-refractivity contribution is -0.164. The van der Waals surface area contributed by atoms with Crippen molar-refractivity contribution in [3.63, 3.8) is 0 Å². The van der Waals surface area contributed by atoms with Crippen molar-refractivity contribution < 1.29 is 9.47 Å². The maximum absolute atomic E-state index is 6.13. The smallest absolute Gasteiger partial charge is 0.219 e. The first kappa shape index (κ1) is 12.4. The Morgan fingerprint density at radius 2 is 1.42 bits per heavy atom. The molecule has 0 fully saturated rings. The van der Waals surface area contributed by atoms with Gasteiger partial charge >= 0.3 is 0 Å². The summed E-state index contributed by atoms with van der Waals surface area (Å²) in [6.45, 7) is 9.93. The van der Waals surface area contributed by atoms with E-state index in [9.17, 15) is 0 Å². The van der Waals surface area contributed by atoms with Gasteiger partial charge in [0.1, 0.15) is 9.52 Å². The van der Waals surface area contributed by atoms with Crippen LogP contribution < -0.4 is 0 Å². The van der Waals surface area contributed by atoms with Gasteiger partial charge < -0.3 is 9.47 Å². The summed E-state index contributed by atoms with van der Waals surface area (Å²) < 4.78 is 11.0. The molecule has 0 aliphatic carbocycles. The lowest BCUT2D eigenvalue weighted by Gasteiger charge is -2.30. The first-order valence-corrected chi connectivity index (χ1v) is 6.94. The van der Waals surface area contributed by atoms with Gasteiger partial charge in [0.2, 0.25) is 4.87 Å². The van der Waals surface area contributed by atoms with Gasteiger partial charge in [-0.15, -0.1) is 0 Å². The van der Waals surface area contributed by atoms with Crippen molar-refractivity contribution in [2.45, 2.75) is 51.3 Å². The highest BCUT2D eigenvalue weighted by molar-refractivity contribution is 6.53. The summed E-state index contributed by atoms with van der Waals surface area (Å²) in [5.74, 6) is 0. The molecule has 0 amide bonds. The maximum Gasteiger partial charge on any atom is 0.219 e. The van der Waals surface area contributed by atoms with Gasteiger partial charge in [0, 0.05) is 0 Å². The molecule has 0 aliphatic heterocycles. The van der Waals surface area contributed by atoms with Crippen molar-refractivity contribution in [2.24, 2.45) is 0 Å². The normalized spacial score (nSPS) is 14.0. The fourth-order valence-corrected chi connectivity index (χ4v) is 2.25. The Morgan fingerprint density at radius 1 is 1.08 bits per heavy atom. The first-order chi connectivity index (χ1) is 5.39. The molecule has 0 aromatic rings. The Balaban J connectivity index is 4.04. The van der Waals surface area contributed by atoms with Crippen molar-refractivity contribution >= 4 is 21.1 Å². The molecule has 0 aliphatic rings. The van der Waals surface area contributed by atoms with Crippen molar-refractivity contribution in [3.8, 4) is 0 Å². The van der Waals surface area contributed by atoms with Gasteiger partial charge in [-0.3, -0.25) is 0 Å². The summed E-state index contributed by atoms with van der Waals surface area (Å²) in [6.07, 6.45) is 0.238. The zero-order valence-electron chi connectivity index (χ0n) is 8.56. The fourth-order valence-electron chi connectivity index (χ4n) is 0.898. The summed E-state index contributed by atoms with van der Waals surface area (Å²) in [4.78, 5) is -0.803. The third-order valence-electron chi connectivity index (χ3n) is 1.25. The Kier molecular flexibility index (Phi) is 5.41. The van der Waals surface area contributed by atoms with E-state index in [1.54, 1.807) is 0 Å². The second-order valence-electron chi connectivity index (χ2n) is 3.35. The third kappa shape index (κ3) is 5.14. The highest BCUT2D eigenvalue weighted by Gasteiger charge is 2.29. The molecule has 0 unspecified atom stereocenters. The number of rotatable bonds is 5. The van der Waals surface area contributed by atoms with Gasteiger partial charge in [0.25, 0.3) is 0 Å². The molecule has 0 N–H and O–H groups in total. The van der Waals surface area contributed by atoms with Crippen LogP contribution in [0.25, 0.3) is 0 Å². The highest BCUT2D eigenvalue weighted by atomic mass is 35.5. The van der Waals surface area contributed by atoms with Crippen LogP contribution in [-0.4, -0.2) is 26.6 Å². The predicted molar refractivity (Wildman–Crippen MR) is 55.4 cm³/mol. The molecule has 0 atom stereocenters. The molecular formula is C8H19ClO2Si. The minimum absolute atomic E-state index is 0.119. The Bertz CT molecular complexity index is 118. The van der Waals surface area contributed by atoms with Crippen LogP contribution in [0.15, 0.2) is 0 Å². The van der Waals surface area contributed by atoms with Crippen molar-refractivity contribution in [1.29, 1.82) is 0 Å². The van der Waals surface area contributed by atoms with Crippen LogP contribution in [0, 0.1) is 0 Å². The standard InChI is InChI=1S/C8H19ClO2Si/c1-6(2)10-8(9,12-5)11-7(3)4/h6-7H,12H2,1-5H3. The molecule has 0 saturated carbocycles. The van der Waals surface area contributed by atoms with Crippen LogP contribution in [0.4, 0.5) is 0 Å². The molecular weight excluding hydrogens is 192 g/mol. The average Bonchev–Trinajstić information content (AvgIpc) is 1.83. The van der Waals surface area contributed by atoms with E-state index in [0.29, 0.717) is 0 Å². The summed E-state index contributed by atoms with van der Waals surface area (Å²) in [5, 5.41) is 0. The highest BCUT2D eigenvalue weighted by Crippen LogP contribution is 2.21. The molecule has 0 radical (unpaired) electrons. The van der Waals surface area contributed by atoms with Gasteiger partial charge in [-0.05, 0) is 27.7 Å². The van der Waals surface area contributed by atoms with E-state index < -0.39 is 14.4 Å². The number of ether oxygens (including phenoxy) is 2. The van der Waals surface area contributed by atoms with E-state index in [1.165, 1.54) is 0 Å². The summed E-state index contributed by atoms with van der Waals surface area (Å²) in [7, 11) is -0.533. The summed E-state index contributed by atoms with van der Waals surface area (Å²) in [6, 6.07) is 0. The number of alkyl halides is 1. The second kappa shape index (κ2) is 5.22. The maximum atomic E-state index is 6.13. The van der Waals surface area contributed by atoms with Crippen molar-refractivity contribution in [3.05, 3.63) is 0 Å². The average molecular weight is 211 g/mol. The molecule has 12 heavy (non-hydrogen) atoms. The Morgan fingerprint density at radius 3 is 1.58 bits per heavy atom. The first-order valence-electron chi connectivity index (χ1n) is 4.44. The van der Waals surface area contributed by atoms with Gasteiger partial charge in [-0.2, -0.15) is 0 Å². The predicted octanol–water partition coefficient (Wildman–Crippen LogP) is 1.90. The van der Waals surface area contributed by atoms with E-state index in [4.69, 9.17) is 21.1 Å². The minimum atomic E-state index is -0.803. The SMILES string of the molecule is C[SiH2]C(Cl)(OC(C)C)OC(C)C. The van der Waals surface area contributed by atoms with Crippen LogP contribution in [0.5, 0.6) is 0 Å². The molecule has 0 heterocycles. The van der Waals surface area contributed by atoms with Gasteiger partial charge in [-0.25, -0.2) is 0 Å². The zero-order valence-corrected chi connectivity index (χ0v) is 10.7. The van der Waals surface area contributed by atoms with E-state index in [0.717, 1.165) is 0 Å². The van der Waals surface area contributed by atoms with Crippen LogP contribution >= 0.6 is 11.6 Å². The minimum Gasteiger partial charge on any atom is -0.339 e. The Labute approximate surface area is 82.4 Å². The molecule has 0 spiro atoms. The molecule has 0 aromatic heterocycles. The molecule has 0 rings (SSSR count). The summed E-state index contributed by atoms with van der Waals surface area (Å²) in [5.41, 5.74) is 0. The fraction of sp³-hybridized carbons (Fsp3) is 1.00. The molecule has 0 bridgehead atoms. The number of halogens is 1. The monoisotopic (exact) mass is 210 g/mol. The molecule has 74 valence electrons. The van der Waals surface area contributed by atoms with Gasteiger partial charge in [0.15, 0.2) is 0 Å². The third-order valence-corrected chi connectivity index (χ3v) is 3.40. The quantitative estimate of drug-likeness (QED) is 0.392. The lowest BCUT2D eigenvalue weighted by atomic mass is 10.5. The molecule has 0 saturated heterocycles. The van der Waals surface area contributed by atoms with E-state index in [2.05, 4.69) is 6.55 Å². The summed E-state index contributed by atoms with van der Waals surface area (Å²) >= 11 is 6.13. The number of hydrogen-bond donors (Lipinski definition) is 0.